The highest BCUT2D eigenvalue weighted by atomic mass is 19.4. The fourth-order valence-corrected chi connectivity index (χ4v) is 6.67. The van der Waals surface area contributed by atoms with Crippen molar-refractivity contribution in [3.63, 3.8) is 0 Å². The van der Waals surface area contributed by atoms with Crippen LogP contribution in [0.5, 0.6) is 5.75 Å². The van der Waals surface area contributed by atoms with Crippen molar-refractivity contribution in [1.82, 2.24) is 10.2 Å². The molecule has 4 atom stereocenters. The minimum absolute atomic E-state index is 0.00472. The zero-order valence-corrected chi connectivity index (χ0v) is 24.5. The Kier molecular flexibility index (Phi) is 9.19. The van der Waals surface area contributed by atoms with Crippen LogP contribution in [-0.2, 0) is 15.8 Å². The number of carbonyl (C=O) groups excluding carboxylic acids is 3. The molecule has 2 aromatic carbocycles. The Balaban J connectivity index is 1.43. The van der Waals surface area contributed by atoms with E-state index in [9.17, 15) is 45.1 Å². The Morgan fingerprint density at radius 2 is 1.65 bits per heavy atom. The first kappa shape index (κ1) is 33.0. The van der Waals surface area contributed by atoms with Gasteiger partial charge in [0, 0.05) is 42.9 Å². The quantitative estimate of drug-likeness (QED) is 0.207. The van der Waals surface area contributed by atoms with E-state index in [1.54, 1.807) is 11.0 Å². The molecule has 46 heavy (non-hydrogen) atoms. The van der Waals surface area contributed by atoms with Crippen molar-refractivity contribution >= 4 is 29.5 Å². The SMILES string of the molecule is COc1ccc(/C=C/C(=O)N2CCCC2)cc1C(=O)N[C@H]1[C@@H](C(=O)Nc2ccc(F)c(C(F)(F)F)c2)[C@H]2CC[C@@H]1/C2=C\C(F)(F)F. The molecule has 2 aliphatic carbocycles. The first-order chi connectivity index (χ1) is 21.7. The number of hydrogen-bond donors (Lipinski definition) is 2. The highest BCUT2D eigenvalue weighted by Crippen LogP contribution is 2.54. The lowest BCUT2D eigenvalue weighted by molar-refractivity contribution is -0.140. The molecule has 1 heterocycles. The third-order valence-corrected chi connectivity index (χ3v) is 8.67. The molecular weight excluding hydrogens is 623 g/mol. The van der Waals surface area contributed by atoms with Crippen LogP contribution in [0.3, 0.4) is 0 Å². The largest absolute Gasteiger partial charge is 0.496 e. The molecule has 246 valence electrons. The normalized spacial score (nSPS) is 23.7. The Hall–Kier alpha value is -4.36. The van der Waals surface area contributed by atoms with Crippen LogP contribution >= 0.6 is 0 Å². The summed E-state index contributed by atoms with van der Waals surface area (Å²) < 4.78 is 99.5. The van der Waals surface area contributed by atoms with Crippen molar-refractivity contribution in [2.24, 2.45) is 17.8 Å². The number of amides is 3. The topological polar surface area (TPSA) is 87.7 Å². The Morgan fingerprint density at radius 1 is 0.957 bits per heavy atom. The third kappa shape index (κ3) is 7.05. The van der Waals surface area contributed by atoms with Gasteiger partial charge in [-0.05, 0) is 73.6 Å². The van der Waals surface area contributed by atoms with Crippen molar-refractivity contribution in [3.05, 3.63) is 76.6 Å². The molecule has 1 saturated heterocycles. The second kappa shape index (κ2) is 12.8. The zero-order valence-electron chi connectivity index (χ0n) is 24.5. The summed E-state index contributed by atoms with van der Waals surface area (Å²) in [6.45, 7) is 1.29. The molecular formula is C32H30F7N3O4. The number of likely N-dealkylation sites (tertiary alicyclic amines) is 1. The van der Waals surface area contributed by atoms with Gasteiger partial charge in [0.1, 0.15) is 11.6 Å². The van der Waals surface area contributed by atoms with E-state index in [1.807, 2.05) is 0 Å². The Labute approximate surface area is 259 Å². The number of fused-ring (bicyclic) bond motifs is 2. The van der Waals surface area contributed by atoms with E-state index in [0.29, 0.717) is 30.8 Å². The van der Waals surface area contributed by atoms with Crippen molar-refractivity contribution in [2.45, 2.75) is 44.1 Å². The molecule has 3 fully saturated rings. The molecule has 0 spiro atoms. The number of nitrogens with zero attached hydrogens (tertiary/aromatic N) is 1. The second-order valence-electron chi connectivity index (χ2n) is 11.5. The molecule has 0 unspecified atom stereocenters. The van der Waals surface area contributed by atoms with Gasteiger partial charge in [-0.3, -0.25) is 14.4 Å². The summed E-state index contributed by atoms with van der Waals surface area (Å²) in [5.74, 6) is -6.41. The van der Waals surface area contributed by atoms with Crippen molar-refractivity contribution in [3.8, 4) is 5.75 Å². The molecule has 5 rings (SSSR count). The standard InChI is InChI=1S/C32H30F7N3O4/c1-46-25-10-4-17(5-11-26(43)42-12-2-3-13-42)14-21(25)29(44)41-28-20-8-7-19(22(20)16-31(34,35)36)27(28)30(45)40-18-6-9-24(33)23(15-18)32(37,38)39/h4-6,9-11,14-16,19-20,27-28H,2-3,7-8,12-13H2,1H3,(H,40,45)(H,41,44)/b11-5+,22-16-/t19-,20+,27-,28+/m0/s1. The summed E-state index contributed by atoms with van der Waals surface area (Å²) in [5.41, 5.74) is -1.65. The second-order valence-corrected chi connectivity index (χ2v) is 11.5. The minimum atomic E-state index is -5.05. The van der Waals surface area contributed by atoms with Crippen LogP contribution in [0.2, 0.25) is 0 Å². The molecule has 0 aromatic heterocycles. The van der Waals surface area contributed by atoms with E-state index in [0.717, 1.165) is 18.9 Å². The van der Waals surface area contributed by atoms with E-state index >= 15 is 0 Å². The Morgan fingerprint density at radius 3 is 2.30 bits per heavy atom. The number of alkyl halides is 6. The summed E-state index contributed by atoms with van der Waals surface area (Å²) in [5, 5.41) is 4.97. The number of halogens is 7. The lowest BCUT2D eigenvalue weighted by atomic mass is 9.83. The van der Waals surface area contributed by atoms with E-state index in [4.69, 9.17) is 4.74 Å². The highest BCUT2D eigenvalue weighted by molar-refractivity contribution is 6.00. The number of rotatable bonds is 7. The van der Waals surface area contributed by atoms with Crippen LogP contribution < -0.4 is 15.4 Å². The molecule has 2 aromatic rings. The van der Waals surface area contributed by atoms with Gasteiger partial charge in [-0.2, -0.15) is 26.3 Å². The molecule has 14 heteroatoms. The molecule has 0 radical (unpaired) electrons. The van der Waals surface area contributed by atoms with Gasteiger partial charge in [-0.15, -0.1) is 0 Å². The highest BCUT2D eigenvalue weighted by Gasteiger charge is 2.55. The molecule has 3 amide bonds. The van der Waals surface area contributed by atoms with Crippen molar-refractivity contribution in [2.75, 3.05) is 25.5 Å². The van der Waals surface area contributed by atoms with E-state index in [1.165, 1.54) is 31.4 Å². The van der Waals surface area contributed by atoms with Gasteiger partial charge in [-0.1, -0.05) is 11.6 Å². The summed E-state index contributed by atoms with van der Waals surface area (Å²) in [7, 11) is 1.31. The summed E-state index contributed by atoms with van der Waals surface area (Å²) in [6, 6.07) is 5.23. The minimum Gasteiger partial charge on any atom is -0.496 e. The fraction of sp³-hybridized carbons (Fsp3) is 0.406. The monoisotopic (exact) mass is 653 g/mol. The van der Waals surface area contributed by atoms with E-state index in [2.05, 4.69) is 10.6 Å². The molecule has 3 aliphatic rings. The predicted molar refractivity (Wildman–Crippen MR) is 153 cm³/mol. The number of hydrogen-bond acceptors (Lipinski definition) is 4. The van der Waals surface area contributed by atoms with Gasteiger partial charge in [0.25, 0.3) is 5.91 Å². The van der Waals surface area contributed by atoms with Crippen LogP contribution in [0.4, 0.5) is 36.4 Å². The lowest BCUT2D eigenvalue weighted by Crippen LogP contribution is -2.48. The predicted octanol–water partition coefficient (Wildman–Crippen LogP) is 6.37. The van der Waals surface area contributed by atoms with Gasteiger partial charge in [0.15, 0.2) is 0 Å². The third-order valence-electron chi connectivity index (χ3n) is 8.67. The number of carbonyl (C=O) groups is 3. The number of allylic oxidation sites excluding steroid dienone is 1. The van der Waals surface area contributed by atoms with E-state index < -0.39 is 65.0 Å². The maximum absolute atomic E-state index is 13.8. The number of ether oxygens (including phenoxy) is 1. The van der Waals surface area contributed by atoms with Gasteiger partial charge in [-0.25, -0.2) is 4.39 Å². The maximum Gasteiger partial charge on any atom is 0.419 e. The summed E-state index contributed by atoms with van der Waals surface area (Å²) >= 11 is 0. The molecule has 2 N–H and O–H groups in total. The van der Waals surface area contributed by atoms with Gasteiger partial charge in [0.2, 0.25) is 11.8 Å². The molecule has 7 nitrogen and oxygen atoms in total. The van der Waals surface area contributed by atoms with Gasteiger partial charge < -0.3 is 20.3 Å². The summed E-state index contributed by atoms with van der Waals surface area (Å²) in [4.78, 5) is 41.3. The van der Waals surface area contributed by atoms with E-state index in [-0.39, 0.29) is 41.7 Å². The Bertz CT molecular complexity index is 1580. The summed E-state index contributed by atoms with van der Waals surface area (Å²) in [6.07, 6.45) is -4.53. The van der Waals surface area contributed by atoms with Crippen molar-refractivity contribution in [1.29, 1.82) is 0 Å². The number of benzene rings is 2. The van der Waals surface area contributed by atoms with Gasteiger partial charge >= 0.3 is 12.4 Å². The number of anilines is 1. The first-order valence-electron chi connectivity index (χ1n) is 14.6. The number of methoxy groups -OCH3 is 1. The molecule has 1 aliphatic heterocycles. The zero-order chi connectivity index (χ0) is 33.4. The molecule has 2 bridgehead atoms. The van der Waals surface area contributed by atoms with Gasteiger partial charge in [0.05, 0.1) is 24.2 Å². The first-order valence-corrected chi connectivity index (χ1v) is 14.6. The van der Waals surface area contributed by atoms with Crippen LogP contribution in [-0.4, -0.2) is 55.0 Å². The van der Waals surface area contributed by atoms with Crippen LogP contribution in [0.25, 0.3) is 6.08 Å². The lowest BCUT2D eigenvalue weighted by Gasteiger charge is -2.30. The maximum atomic E-state index is 13.8. The average Bonchev–Trinajstić information content (AvgIpc) is 3.72. The van der Waals surface area contributed by atoms with Crippen LogP contribution in [0.1, 0.15) is 47.2 Å². The van der Waals surface area contributed by atoms with Crippen LogP contribution in [0.15, 0.2) is 54.1 Å². The average molecular weight is 654 g/mol. The smallest absolute Gasteiger partial charge is 0.419 e. The number of nitrogens with one attached hydrogen (secondary N) is 2. The molecule has 2 saturated carbocycles. The fourth-order valence-electron chi connectivity index (χ4n) is 6.67. The van der Waals surface area contributed by atoms with Crippen molar-refractivity contribution < 1.29 is 49.9 Å². The van der Waals surface area contributed by atoms with Crippen LogP contribution in [0, 0.1) is 23.6 Å².